The van der Waals surface area contributed by atoms with E-state index < -0.39 is 17.6 Å². The van der Waals surface area contributed by atoms with Gasteiger partial charge in [-0.05, 0) is 31.2 Å². The van der Waals surface area contributed by atoms with Crippen LogP contribution in [-0.4, -0.2) is 23.9 Å². The smallest absolute Gasteiger partial charge is 0.338 e. The summed E-state index contributed by atoms with van der Waals surface area (Å²) in [5.74, 6) is -0.406. The van der Waals surface area contributed by atoms with Crippen LogP contribution >= 0.6 is 0 Å². The third kappa shape index (κ3) is 3.71. The molecule has 1 rings (SSSR count). The number of carbonyl (C=O) groups is 1. The van der Waals surface area contributed by atoms with E-state index in [1.807, 2.05) is 6.07 Å². The number of rotatable bonds is 3. The second-order valence-electron chi connectivity index (χ2n) is 4.20. The van der Waals surface area contributed by atoms with Crippen molar-refractivity contribution in [1.82, 2.24) is 4.90 Å². The first kappa shape index (κ1) is 15.0. The number of carbonyl (C=O) groups excluding carboxylic acids is 1. The lowest BCUT2D eigenvalue weighted by Gasteiger charge is -2.23. The van der Waals surface area contributed by atoms with Gasteiger partial charge in [-0.25, -0.2) is 0 Å². The fourth-order valence-electron chi connectivity index (χ4n) is 1.47. The first-order valence-corrected chi connectivity index (χ1v) is 5.58. The second kappa shape index (κ2) is 5.74. The Kier molecular flexibility index (Phi) is 4.54. The molecule has 0 saturated carbocycles. The number of nitrogens with zero attached hydrogens (tertiary/aromatic N) is 2. The van der Waals surface area contributed by atoms with Gasteiger partial charge in [0.2, 0.25) is 0 Å². The summed E-state index contributed by atoms with van der Waals surface area (Å²) in [6, 6.07) is 5.67. The maximum absolute atomic E-state index is 12.4. The number of nitriles is 1. The quantitative estimate of drug-likeness (QED) is 0.847. The van der Waals surface area contributed by atoms with Crippen molar-refractivity contribution in [2.45, 2.75) is 25.6 Å². The predicted octanol–water partition coefficient (Wildman–Crippen LogP) is 3.08. The molecule has 1 aromatic rings. The van der Waals surface area contributed by atoms with Crippen LogP contribution in [0.3, 0.4) is 0 Å². The van der Waals surface area contributed by atoms with Gasteiger partial charge in [-0.2, -0.15) is 18.4 Å². The Morgan fingerprint density at radius 2 is 1.89 bits per heavy atom. The molecule has 0 heterocycles. The molecule has 1 aromatic carbocycles. The molecule has 0 N–H and O–H groups in total. The van der Waals surface area contributed by atoms with Gasteiger partial charge < -0.3 is 4.90 Å². The summed E-state index contributed by atoms with van der Waals surface area (Å²) in [4.78, 5) is 13.3. The van der Waals surface area contributed by atoms with Crippen molar-refractivity contribution < 1.29 is 18.0 Å². The lowest BCUT2D eigenvalue weighted by atomic mass is 10.1. The number of alkyl halides is 3. The van der Waals surface area contributed by atoms with Crippen LogP contribution in [0, 0.1) is 11.3 Å². The molecular formula is C13H13F3N2O. The number of hydrogen-bond donors (Lipinski definition) is 0. The molecule has 0 unspecified atom stereocenters. The maximum Gasteiger partial charge on any atom is 0.416 e. The molecule has 1 amide bonds. The summed E-state index contributed by atoms with van der Waals surface area (Å²) in [6.45, 7) is 1.70. The zero-order chi connectivity index (χ0) is 14.6. The highest BCUT2D eigenvalue weighted by molar-refractivity contribution is 5.94. The molecule has 0 aromatic heterocycles. The first-order valence-electron chi connectivity index (χ1n) is 5.58. The number of hydrogen-bond acceptors (Lipinski definition) is 2. The van der Waals surface area contributed by atoms with Crippen molar-refractivity contribution in [3.8, 4) is 6.07 Å². The van der Waals surface area contributed by atoms with Crippen LogP contribution < -0.4 is 0 Å². The Morgan fingerprint density at radius 3 is 2.32 bits per heavy atom. The molecule has 0 aliphatic rings. The fourth-order valence-corrected chi connectivity index (χ4v) is 1.47. The zero-order valence-electron chi connectivity index (χ0n) is 10.5. The van der Waals surface area contributed by atoms with E-state index in [1.54, 1.807) is 6.92 Å². The monoisotopic (exact) mass is 270 g/mol. The first-order chi connectivity index (χ1) is 8.77. The zero-order valence-corrected chi connectivity index (χ0v) is 10.5. The average molecular weight is 270 g/mol. The van der Waals surface area contributed by atoms with Crippen molar-refractivity contribution in [2.75, 3.05) is 7.05 Å². The molecule has 0 bridgehead atoms. The molecule has 0 aliphatic carbocycles. The highest BCUT2D eigenvalue weighted by atomic mass is 19.4. The van der Waals surface area contributed by atoms with E-state index in [4.69, 9.17) is 5.26 Å². The second-order valence-corrected chi connectivity index (χ2v) is 4.20. The van der Waals surface area contributed by atoms with Crippen molar-refractivity contribution in [1.29, 1.82) is 5.26 Å². The molecule has 0 aliphatic heterocycles. The van der Waals surface area contributed by atoms with Gasteiger partial charge in [-0.15, -0.1) is 0 Å². The minimum Gasteiger partial charge on any atom is -0.338 e. The average Bonchev–Trinajstić information content (AvgIpc) is 2.36. The van der Waals surface area contributed by atoms with Crippen LogP contribution in [-0.2, 0) is 6.18 Å². The Morgan fingerprint density at radius 1 is 1.37 bits per heavy atom. The molecular weight excluding hydrogens is 257 g/mol. The molecule has 3 nitrogen and oxygen atoms in total. The lowest BCUT2D eigenvalue weighted by Crippen LogP contribution is -2.34. The van der Waals surface area contributed by atoms with E-state index in [2.05, 4.69) is 0 Å². The largest absolute Gasteiger partial charge is 0.416 e. The van der Waals surface area contributed by atoms with E-state index >= 15 is 0 Å². The predicted molar refractivity (Wildman–Crippen MR) is 63.2 cm³/mol. The Balaban J connectivity index is 2.87. The fraction of sp³-hybridized carbons (Fsp3) is 0.385. The number of benzene rings is 1. The van der Waals surface area contributed by atoms with E-state index in [1.165, 1.54) is 11.9 Å². The standard InChI is InChI=1S/C13H13F3N2O/c1-9(7-8-17)18(2)12(19)10-3-5-11(6-4-10)13(14,15)16/h3-6,9H,7H2,1-2H3/t9-/m0/s1. The normalized spacial score (nSPS) is 12.6. The molecule has 0 fully saturated rings. The summed E-state index contributed by atoms with van der Waals surface area (Å²) in [7, 11) is 1.52. The van der Waals surface area contributed by atoms with Gasteiger partial charge in [0, 0.05) is 18.7 Å². The van der Waals surface area contributed by atoms with Gasteiger partial charge in [0.25, 0.3) is 5.91 Å². The van der Waals surface area contributed by atoms with Crippen molar-refractivity contribution in [3.63, 3.8) is 0 Å². The summed E-state index contributed by atoms with van der Waals surface area (Å²) < 4.78 is 37.1. The molecule has 0 spiro atoms. The van der Waals surface area contributed by atoms with E-state index in [-0.39, 0.29) is 18.0 Å². The number of halogens is 3. The van der Waals surface area contributed by atoms with Crippen LogP contribution in [0.1, 0.15) is 29.3 Å². The summed E-state index contributed by atoms with van der Waals surface area (Å²) in [6.07, 6.45) is -4.25. The summed E-state index contributed by atoms with van der Waals surface area (Å²) in [5, 5.41) is 8.55. The summed E-state index contributed by atoms with van der Waals surface area (Å²) >= 11 is 0. The van der Waals surface area contributed by atoms with Gasteiger partial charge in [0.15, 0.2) is 0 Å². The van der Waals surface area contributed by atoms with Crippen LogP contribution in [0.15, 0.2) is 24.3 Å². The lowest BCUT2D eigenvalue weighted by molar-refractivity contribution is -0.137. The minimum atomic E-state index is -4.42. The minimum absolute atomic E-state index is 0.167. The van der Waals surface area contributed by atoms with Gasteiger partial charge in [0.1, 0.15) is 0 Å². The molecule has 6 heteroatoms. The van der Waals surface area contributed by atoms with Crippen LogP contribution in [0.5, 0.6) is 0 Å². The molecule has 1 atom stereocenters. The van der Waals surface area contributed by atoms with Crippen molar-refractivity contribution in [3.05, 3.63) is 35.4 Å². The summed E-state index contributed by atoms with van der Waals surface area (Å²) in [5.41, 5.74) is -0.628. The van der Waals surface area contributed by atoms with Gasteiger partial charge >= 0.3 is 6.18 Å². The maximum atomic E-state index is 12.4. The molecule has 0 radical (unpaired) electrons. The Bertz CT molecular complexity index is 488. The SMILES string of the molecule is C[C@@H](CC#N)N(C)C(=O)c1ccc(C(F)(F)F)cc1. The van der Waals surface area contributed by atoms with Gasteiger partial charge in [0.05, 0.1) is 18.1 Å². The highest BCUT2D eigenvalue weighted by Gasteiger charge is 2.30. The van der Waals surface area contributed by atoms with Crippen molar-refractivity contribution >= 4 is 5.91 Å². The Labute approximate surface area is 109 Å². The van der Waals surface area contributed by atoms with Crippen LogP contribution in [0.25, 0.3) is 0 Å². The number of amides is 1. The van der Waals surface area contributed by atoms with Crippen LogP contribution in [0.2, 0.25) is 0 Å². The van der Waals surface area contributed by atoms with E-state index in [0.717, 1.165) is 24.3 Å². The van der Waals surface area contributed by atoms with Crippen LogP contribution in [0.4, 0.5) is 13.2 Å². The van der Waals surface area contributed by atoms with E-state index in [0.29, 0.717) is 0 Å². The van der Waals surface area contributed by atoms with E-state index in [9.17, 15) is 18.0 Å². The third-order valence-electron chi connectivity index (χ3n) is 2.83. The topological polar surface area (TPSA) is 44.1 Å². The van der Waals surface area contributed by atoms with Crippen molar-refractivity contribution in [2.24, 2.45) is 0 Å². The Hall–Kier alpha value is -2.03. The van der Waals surface area contributed by atoms with Gasteiger partial charge in [-0.1, -0.05) is 0 Å². The van der Waals surface area contributed by atoms with Gasteiger partial charge in [-0.3, -0.25) is 4.79 Å². The third-order valence-corrected chi connectivity index (χ3v) is 2.83. The molecule has 102 valence electrons. The molecule has 0 saturated heterocycles. The molecule has 19 heavy (non-hydrogen) atoms. The highest BCUT2D eigenvalue weighted by Crippen LogP contribution is 2.29.